The van der Waals surface area contributed by atoms with Crippen molar-refractivity contribution in [2.45, 2.75) is 45.4 Å². The van der Waals surface area contributed by atoms with Gasteiger partial charge in [-0.3, -0.25) is 4.79 Å². The monoisotopic (exact) mass is 317 g/mol. The third-order valence-electron chi connectivity index (χ3n) is 2.99. The molecule has 0 fully saturated rings. The van der Waals surface area contributed by atoms with E-state index in [2.05, 4.69) is 0 Å². The summed E-state index contributed by atoms with van der Waals surface area (Å²) in [6.07, 6.45) is 3.81. The first-order valence-corrected chi connectivity index (χ1v) is 8.11. The van der Waals surface area contributed by atoms with Gasteiger partial charge in [0.1, 0.15) is 11.6 Å². The molecule has 0 spiro atoms. The van der Waals surface area contributed by atoms with Crippen LogP contribution in [-0.4, -0.2) is 57.8 Å². The Balaban J connectivity index is 3.11. The molecule has 0 aromatic carbocycles. The van der Waals surface area contributed by atoms with Crippen molar-refractivity contribution in [1.29, 1.82) is 0 Å². The van der Waals surface area contributed by atoms with E-state index in [0.717, 1.165) is 19.3 Å². The molecule has 0 bridgehead atoms. The molecule has 0 amide bonds. The van der Waals surface area contributed by atoms with E-state index in [0.29, 0.717) is 65.4 Å². The molecule has 0 aliphatic rings. The second kappa shape index (κ2) is 16.5. The minimum absolute atomic E-state index is 0.0708. The van der Waals surface area contributed by atoms with Gasteiger partial charge >= 0.3 is 0 Å². The first kappa shape index (κ1) is 21.2. The van der Waals surface area contributed by atoms with Crippen LogP contribution in [0, 0.1) is 0 Å². The molecule has 0 saturated heterocycles. The highest BCUT2D eigenvalue weighted by molar-refractivity contribution is 5.84. The number of Topliss-reactive ketones (excluding diaryl/α,β-unsaturated/α-hetero) is 2. The Morgan fingerprint density at radius 1 is 0.727 bits per heavy atom. The van der Waals surface area contributed by atoms with E-state index < -0.39 is 0 Å². The van der Waals surface area contributed by atoms with Gasteiger partial charge in [0.05, 0.1) is 26.4 Å². The molecule has 6 nitrogen and oxygen atoms in total. The molecule has 130 valence electrons. The normalized spacial score (nSPS) is 10.8. The average molecular weight is 317 g/mol. The minimum Gasteiger partial charge on any atom is -0.379 e. The largest absolute Gasteiger partial charge is 0.379 e. The quantitative estimate of drug-likeness (QED) is 0.409. The maximum Gasteiger partial charge on any atom is 0.133 e. The molecule has 0 unspecified atom stereocenters. The Hall–Kier alpha value is -0.820. The fraction of sp³-hybridized carbons (Fsp3) is 0.875. The number of unbranched alkanes of at least 4 members (excludes halogenated alkanes) is 1. The SMILES string of the molecule is CC(=O)CCC(=O)CCCCOCCOCCOCCCN. The molecular formula is C16H31NO5. The summed E-state index contributed by atoms with van der Waals surface area (Å²) < 4.78 is 16.0. The van der Waals surface area contributed by atoms with Crippen molar-refractivity contribution in [2.75, 3.05) is 46.2 Å². The number of ketones is 2. The maximum atomic E-state index is 11.4. The van der Waals surface area contributed by atoms with Crippen molar-refractivity contribution in [3.8, 4) is 0 Å². The van der Waals surface area contributed by atoms with Crippen LogP contribution >= 0.6 is 0 Å². The number of rotatable bonds is 17. The van der Waals surface area contributed by atoms with Crippen LogP contribution in [0.4, 0.5) is 0 Å². The number of hydrogen-bond donors (Lipinski definition) is 1. The van der Waals surface area contributed by atoms with Gasteiger partial charge in [-0.05, 0) is 32.7 Å². The second-order valence-electron chi connectivity index (χ2n) is 5.18. The lowest BCUT2D eigenvalue weighted by molar-refractivity contribution is -0.123. The van der Waals surface area contributed by atoms with E-state index in [1.54, 1.807) is 0 Å². The average Bonchev–Trinajstić information content (AvgIpc) is 2.49. The number of carbonyl (C=O) groups is 2. The van der Waals surface area contributed by atoms with Crippen LogP contribution in [0.1, 0.15) is 45.4 Å². The van der Waals surface area contributed by atoms with Gasteiger partial charge in [0.2, 0.25) is 0 Å². The highest BCUT2D eigenvalue weighted by Gasteiger charge is 2.03. The molecule has 0 aliphatic heterocycles. The number of ether oxygens (including phenoxy) is 3. The minimum atomic E-state index is 0.0708. The van der Waals surface area contributed by atoms with Crippen LogP contribution in [0.15, 0.2) is 0 Å². The van der Waals surface area contributed by atoms with E-state index in [-0.39, 0.29) is 11.6 Å². The molecule has 0 atom stereocenters. The highest BCUT2D eigenvalue weighted by Crippen LogP contribution is 2.02. The van der Waals surface area contributed by atoms with Gasteiger partial charge in [0, 0.05) is 32.5 Å². The molecule has 0 aliphatic carbocycles. The molecule has 0 rings (SSSR count). The zero-order valence-electron chi connectivity index (χ0n) is 13.8. The van der Waals surface area contributed by atoms with Gasteiger partial charge in [-0.1, -0.05) is 0 Å². The smallest absolute Gasteiger partial charge is 0.133 e. The van der Waals surface area contributed by atoms with Gasteiger partial charge in [-0.2, -0.15) is 0 Å². The fourth-order valence-corrected chi connectivity index (χ4v) is 1.69. The van der Waals surface area contributed by atoms with E-state index >= 15 is 0 Å². The number of nitrogens with two attached hydrogens (primary N) is 1. The summed E-state index contributed by atoms with van der Waals surface area (Å²) in [5, 5.41) is 0. The summed E-state index contributed by atoms with van der Waals surface area (Å²) in [5.41, 5.74) is 5.34. The summed E-state index contributed by atoms with van der Waals surface area (Å²) >= 11 is 0. The number of hydrogen-bond acceptors (Lipinski definition) is 6. The molecular weight excluding hydrogens is 286 g/mol. The predicted octanol–water partition coefficient (Wildman–Crippen LogP) is 1.49. The molecule has 0 aromatic rings. The second-order valence-corrected chi connectivity index (χ2v) is 5.18. The van der Waals surface area contributed by atoms with Crippen molar-refractivity contribution in [1.82, 2.24) is 0 Å². The molecule has 0 aromatic heterocycles. The van der Waals surface area contributed by atoms with Crippen molar-refractivity contribution in [3.63, 3.8) is 0 Å². The standard InChI is InChI=1S/C16H31NO5/c1-15(18)6-7-16(19)5-2-3-9-20-11-13-22-14-12-21-10-4-8-17/h2-14,17H2,1H3. The Bertz CT molecular complexity index is 284. The summed E-state index contributed by atoms with van der Waals surface area (Å²) in [5.74, 6) is 0.231. The zero-order chi connectivity index (χ0) is 16.5. The molecule has 22 heavy (non-hydrogen) atoms. The Labute approximate surface area is 133 Å². The first-order valence-electron chi connectivity index (χ1n) is 8.11. The van der Waals surface area contributed by atoms with Crippen LogP contribution in [0.3, 0.4) is 0 Å². The van der Waals surface area contributed by atoms with Crippen molar-refractivity contribution >= 4 is 11.6 Å². The van der Waals surface area contributed by atoms with Gasteiger partial charge < -0.3 is 24.7 Å². The summed E-state index contributed by atoms with van der Waals surface area (Å²) in [6.45, 7) is 5.74. The predicted molar refractivity (Wildman–Crippen MR) is 84.9 cm³/mol. The van der Waals surface area contributed by atoms with Crippen LogP contribution in [0.5, 0.6) is 0 Å². The molecule has 0 heterocycles. The summed E-state index contributed by atoms with van der Waals surface area (Å²) in [4.78, 5) is 22.2. The molecule has 0 radical (unpaired) electrons. The van der Waals surface area contributed by atoms with Crippen LogP contribution in [0.25, 0.3) is 0 Å². The van der Waals surface area contributed by atoms with Crippen molar-refractivity contribution in [2.24, 2.45) is 5.73 Å². The number of carbonyl (C=O) groups excluding carboxylic acids is 2. The summed E-state index contributed by atoms with van der Waals surface area (Å²) in [7, 11) is 0. The highest BCUT2D eigenvalue weighted by atomic mass is 16.5. The lowest BCUT2D eigenvalue weighted by Crippen LogP contribution is -2.11. The van der Waals surface area contributed by atoms with Gasteiger partial charge in [-0.15, -0.1) is 0 Å². The Morgan fingerprint density at radius 3 is 1.82 bits per heavy atom. The third-order valence-corrected chi connectivity index (χ3v) is 2.99. The van der Waals surface area contributed by atoms with Gasteiger partial charge in [0.25, 0.3) is 0 Å². The van der Waals surface area contributed by atoms with Gasteiger partial charge in [0.15, 0.2) is 0 Å². The van der Waals surface area contributed by atoms with Crippen LogP contribution in [0.2, 0.25) is 0 Å². The zero-order valence-corrected chi connectivity index (χ0v) is 13.8. The van der Waals surface area contributed by atoms with Crippen molar-refractivity contribution < 1.29 is 23.8 Å². The lowest BCUT2D eigenvalue weighted by Gasteiger charge is -2.06. The molecule has 6 heteroatoms. The summed E-state index contributed by atoms with van der Waals surface area (Å²) in [6, 6.07) is 0. The van der Waals surface area contributed by atoms with E-state index in [1.807, 2.05) is 0 Å². The fourth-order valence-electron chi connectivity index (χ4n) is 1.69. The molecule has 2 N–H and O–H groups in total. The van der Waals surface area contributed by atoms with E-state index in [9.17, 15) is 9.59 Å². The Kier molecular flexibility index (Phi) is 15.9. The first-order chi connectivity index (χ1) is 10.7. The maximum absolute atomic E-state index is 11.4. The van der Waals surface area contributed by atoms with Crippen molar-refractivity contribution in [3.05, 3.63) is 0 Å². The topological polar surface area (TPSA) is 87.9 Å². The van der Waals surface area contributed by atoms with Crippen LogP contribution in [-0.2, 0) is 23.8 Å². The van der Waals surface area contributed by atoms with Gasteiger partial charge in [-0.25, -0.2) is 0 Å². The molecule has 0 saturated carbocycles. The third kappa shape index (κ3) is 17.2. The lowest BCUT2D eigenvalue weighted by atomic mass is 10.1. The van der Waals surface area contributed by atoms with Crippen LogP contribution < -0.4 is 5.73 Å². The van der Waals surface area contributed by atoms with E-state index in [1.165, 1.54) is 6.92 Å². The Morgan fingerprint density at radius 2 is 1.27 bits per heavy atom. The van der Waals surface area contributed by atoms with E-state index in [4.69, 9.17) is 19.9 Å².